The predicted molar refractivity (Wildman–Crippen MR) is 89.4 cm³/mol. The van der Waals surface area contributed by atoms with Gasteiger partial charge in [-0.05, 0) is 36.5 Å². The smallest absolute Gasteiger partial charge is 0.00284 e. The molecule has 0 aliphatic carbocycles. The maximum Gasteiger partial charge on any atom is -0.00284 e. The molecule has 3 atom stereocenters. The zero-order valence-electron chi connectivity index (χ0n) is 14.0. The highest BCUT2D eigenvalue weighted by molar-refractivity contribution is 5.12. The number of hydrogen-bond acceptors (Lipinski definition) is 0. The fourth-order valence-electron chi connectivity index (χ4n) is 3.15. The lowest BCUT2D eigenvalue weighted by atomic mass is 9.74. The molecule has 0 aliphatic heterocycles. The molecule has 0 aromatic carbocycles. The number of allylic oxidation sites excluding steroid dienone is 2. The maximum absolute atomic E-state index is 4.45. The van der Waals surface area contributed by atoms with Gasteiger partial charge in [-0.15, -0.1) is 6.58 Å². The predicted octanol–water partition coefficient (Wildman–Crippen LogP) is 6.63. The molecular weight excluding hydrogens is 228 g/mol. The summed E-state index contributed by atoms with van der Waals surface area (Å²) >= 11 is 0. The number of hydrogen-bond donors (Lipinski definition) is 0. The lowest BCUT2D eigenvalue weighted by molar-refractivity contribution is 0.292. The highest BCUT2D eigenvalue weighted by atomic mass is 14.3. The van der Waals surface area contributed by atoms with Crippen molar-refractivity contribution in [2.75, 3.05) is 0 Å². The molecule has 0 bridgehead atoms. The monoisotopic (exact) mass is 264 g/mol. The van der Waals surface area contributed by atoms with Gasteiger partial charge >= 0.3 is 0 Å². The summed E-state index contributed by atoms with van der Waals surface area (Å²) in [5.74, 6) is 2.79. The normalized spacial score (nSPS) is 16.1. The summed E-state index contributed by atoms with van der Waals surface area (Å²) in [5, 5.41) is 0. The highest BCUT2D eigenvalue weighted by Crippen LogP contribution is 2.36. The van der Waals surface area contributed by atoms with E-state index in [0.717, 1.165) is 18.3 Å². The second kappa shape index (κ2) is 10.3. The van der Waals surface area contributed by atoms with Gasteiger partial charge in [0.2, 0.25) is 0 Å². The minimum Gasteiger partial charge on any atom is -0.102 e. The Labute approximate surface area is 122 Å². The standard InChI is InChI=1S/C19H36/c1-8-12-18(11-4)19(14-13-15(5)6)16(7)17(9-2)10-3/h9,15,17-19H,2,7-8,10-14H2,1,3-6H3. The quantitative estimate of drug-likeness (QED) is 0.367. The fourth-order valence-corrected chi connectivity index (χ4v) is 3.15. The van der Waals surface area contributed by atoms with Crippen molar-refractivity contribution in [3.63, 3.8) is 0 Å². The molecule has 0 aromatic rings. The van der Waals surface area contributed by atoms with Crippen LogP contribution in [0.15, 0.2) is 24.8 Å². The summed E-state index contributed by atoms with van der Waals surface area (Å²) in [5.41, 5.74) is 1.44. The van der Waals surface area contributed by atoms with Crippen LogP contribution in [0.1, 0.15) is 73.1 Å². The molecule has 0 aliphatic rings. The molecule has 0 rings (SSSR count). The highest BCUT2D eigenvalue weighted by Gasteiger charge is 2.25. The van der Waals surface area contributed by atoms with Gasteiger partial charge in [0.25, 0.3) is 0 Å². The van der Waals surface area contributed by atoms with E-state index in [2.05, 4.69) is 53.9 Å². The van der Waals surface area contributed by atoms with Crippen molar-refractivity contribution in [3.8, 4) is 0 Å². The topological polar surface area (TPSA) is 0 Å². The van der Waals surface area contributed by atoms with E-state index in [1.807, 2.05) is 0 Å². The molecule has 0 fully saturated rings. The first-order chi connectivity index (χ1) is 9.01. The minimum atomic E-state index is 0.503. The van der Waals surface area contributed by atoms with E-state index in [-0.39, 0.29) is 0 Å². The van der Waals surface area contributed by atoms with Crippen LogP contribution in [0.3, 0.4) is 0 Å². The minimum absolute atomic E-state index is 0.503. The third kappa shape index (κ3) is 6.45. The molecule has 0 radical (unpaired) electrons. The summed E-state index contributed by atoms with van der Waals surface area (Å²) in [6, 6.07) is 0. The van der Waals surface area contributed by atoms with Crippen molar-refractivity contribution in [2.24, 2.45) is 23.7 Å². The molecule has 0 N–H and O–H groups in total. The largest absolute Gasteiger partial charge is 0.102 e. The summed E-state index contributed by atoms with van der Waals surface area (Å²) in [6.07, 6.45) is 9.77. The van der Waals surface area contributed by atoms with Crippen LogP contribution in [-0.4, -0.2) is 0 Å². The van der Waals surface area contributed by atoms with Gasteiger partial charge in [0, 0.05) is 0 Å². The first-order valence-corrected chi connectivity index (χ1v) is 8.32. The van der Waals surface area contributed by atoms with Crippen LogP contribution >= 0.6 is 0 Å². The molecule has 112 valence electrons. The van der Waals surface area contributed by atoms with Gasteiger partial charge in [0.05, 0.1) is 0 Å². The van der Waals surface area contributed by atoms with Gasteiger partial charge in [-0.2, -0.15) is 0 Å². The van der Waals surface area contributed by atoms with Crippen molar-refractivity contribution in [1.82, 2.24) is 0 Å². The van der Waals surface area contributed by atoms with Crippen molar-refractivity contribution in [3.05, 3.63) is 24.8 Å². The molecule has 19 heavy (non-hydrogen) atoms. The molecule has 0 spiro atoms. The summed E-state index contributed by atoms with van der Waals surface area (Å²) in [4.78, 5) is 0. The van der Waals surface area contributed by atoms with E-state index >= 15 is 0 Å². The zero-order chi connectivity index (χ0) is 14.8. The lowest BCUT2D eigenvalue weighted by Crippen LogP contribution is -2.20. The molecule has 0 saturated heterocycles. The van der Waals surface area contributed by atoms with Crippen molar-refractivity contribution >= 4 is 0 Å². The molecular formula is C19H36. The first kappa shape index (κ1) is 18.5. The van der Waals surface area contributed by atoms with Gasteiger partial charge in [-0.3, -0.25) is 0 Å². The fraction of sp³-hybridized carbons (Fsp3) is 0.789. The number of rotatable bonds is 11. The summed E-state index contributed by atoms with van der Waals surface area (Å²) in [7, 11) is 0. The average molecular weight is 264 g/mol. The second-order valence-corrected chi connectivity index (χ2v) is 6.36. The Morgan fingerprint density at radius 2 is 1.63 bits per heavy atom. The summed E-state index contributed by atoms with van der Waals surface area (Å²) in [6.45, 7) is 20.0. The van der Waals surface area contributed by atoms with Crippen LogP contribution in [0.25, 0.3) is 0 Å². The second-order valence-electron chi connectivity index (χ2n) is 6.36. The molecule has 0 amide bonds. The Morgan fingerprint density at radius 1 is 1.00 bits per heavy atom. The molecule has 0 aromatic heterocycles. The van der Waals surface area contributed by atoms with Crippen molar-refractivity contribution < 1.29 is 0 Å². The Bertz CT molecular complexity index is 249. The Hall–Kier alpha value is -0.520. The summed E-state index contributed by atoms with van der Waals surface area (Å²) < 4.78 is 0. The van der Waals surface area contributed by atoms with Crippen LogP contribution in [0.5, 0.6) is 0 Å². The van der Waals surface area contributed by atoms with Crippen LogP contribution in [0.4, 0.5) is 0 Å². The van der Waals surface area contributed by atoms with Crippen LogP contribution in [-0.2, 0) is 0 Å². The van der Waals surface area contributed by atoms with E-state index in [1.54, 1.807) is 0 Å². The Kier molecular flexibility index (Phi) is 10.0. The van der Waals surface area contributed by atoms with E-state index < -0.39 is 0 Å². The third-order valence-electron chi connectivity index (χ3n) is 4.48. The maximum atomic E-state index is 4.45. The molecule has 3 unspecified atom stereocenters. The van der Waals surface area contributed by atoms with Gasteiger partial charge in [-0.1, -0.05) is 78.5 Å². The van der Waals surface area contributed by atoms with Crippen molar-refractivity contribution in [2.45, 2.75) is 73.1 Å². The van der Waals surface area contributed by atoms with Crippen LogP contribution in [0.2, 0.25) is 0 Å². The van der Waals surface area contributed by atoms with E-state index in [9.17, 15) is 0 Å². The molecule has 0 saturated carbocycles. The van der Waals surface area contributed by atoms with Gasteiger partial charge in [-0.25, -0.2) is 0 Å². The first-order valence-electron chi connectivity index (χ1n) is 8.32. The van der Waals surface area contributed by atoms with Gasteiger partial charge < -0.3 is 0 Å². The molecule has 0 heterocycles. The van der Waals surface area contributed by atoms with E-state index in [4.69, 9.17) is 0 Å². The average Bonchev–Trinajstić information content (AvgIpc) is 2.38. The van der Waals surface area contributed by atoms with Crippen molar-refractivity contribution in [1.29, 1.82) is 0 Å². The van der Waals surface area contributed by atoms with E-state index in [0.29, 0.717) is 11.8 Å². The van der Waals surface area contributed by atoms with Crippen LogP contribution in [0, 0.1) is 23.7 Å². The third-order valence-corrected chi connectivity index (χ3v) is 4.48. The molecule has 0 heteroatoms. The Morgan fingerprint density at radius 3 is 2.00 bits per heavy atom. The lowest BCUT2D eigenvalue weighted by Gasteiger charge is -2.31. The zero-order valence-corrected chi connectivity index (χ0v) is 14.0. The van der Waals surface area contributed by atoms with E-state index in [1.165, 1.54) is 37.7 Å². The molecule has 0 nitrogen and oxygen atoms in total. The van der Waals surface area contributed by atoms with Gasteiger partial charge in [0.1, 0.15) is 0 Å². The van der Waals surface area contributed by atoms with Crippen LogP contribution < -0.4 is 0 Å². The SMILES string of the molecule is C=CC(CC)C(=C)C(CCC(C)C)C(CC)CCC. The Balaban J connectivity index is 4.90. The van der Waals surface area contributed by atoms with Gasteiger partial charge in [0.15, 0.2) is 0 Å².